The van der Waals surface area contributed by atoms with Crippen molar-refractivity contribution in [2.75, 3.05) is 17.7 Å². The Morgan fingerprint density at radius 2 is 2.03 bits per heavy atom. The van der Waals surface area contributed by atoms with Crippen LogP contribution in [0.3, 0.4) is 0 Å². The fourth-order valence-corrected chi connectivity index (χ4v) is 3.87. The fourth-order valence-electron chi connectivity index (χ4n) is 2.84. The van der Waals surface area contributed by atoms with Crippen molar-refractivity contribution >= 4 is 51.7 Å². The van der Waals surface area contributed by atoms with E-state index in [1.165, 1.54) is 11.8 Å². The van der Waals surface area contributed by atoms with E-state index >= 15 is 0 Å². The lowest BCUT2D eigenvalue weighted by molar-refractivity contribution is -0.115. The third-order valence-electron chi connectivity index (χ3n) is 4.57. The van der Waals surface area contributed by atoms with Crippen LogP contribution in [0.1, 0.15) is 19.8 Å². The molecule has 0 aliphatic heterocycles. The Bertz CT molecular complexity index is 1060. The van der Waals surface area contributed by atoms with Gasteiger partial charge in [0.2, 0.25) is 5.91 Å². The maximum Gasteiger partial charge on any atom is 0.237 e. The Kier molecular flexibility index (Phi) is 5.78. The Morgan fingerprint density at radius 3 is 2.76 bits per heavy atom. The number of fused-ring (bicyclic) bond motifs is 1. The van der Waals surface area contributed by atoms with E-state index < -0.39 is 0 Å². The van der Waals surface area contributed by atoms with E-state index in [2.05, 4.69) is 20.6 Å². The molecule has 1 saturated carbocycles. The van der Waals surface area contributed by atoms with Gasteiger partial charge in [0.05, 0.1) is 22.9 Å². The van der Waals surface area contributed by atoms with E-state index in [1.54, 1.807) is 25.3 Å². The molecule has 2 aromatic carbocycles. The summed E-state index contributed by atoms with van der Waals surface area (Å²) in [6.45, 7) is 1.83. The fraction of sp³-hybridized carbons (Fsp3) is 0.286. The Labute approximate surface area is 178 Å². The molecule has 1 heterocycles. The quantitative estimate of drug-likeness (QED) is 0.408. The van der Waals surface area contributed by atoms with Gasteiger partial charge < -0.3 is 15.4 Å². The summed E-state index contributed by atoms with van der Waals surface area (Å²) in [6, 6.07) is 13.5. The molecule has 29 heavy (non-hydrogen) atoms. The first-order valence-corrected chi connectivity index (χ1v) is 10.6. The number of anilines is 2. The van der Waals surface area contributed by atoms with E-state index in [4.69, 9.17) is 16.3 Å². The van der Waals surface area contributed by atoms with Crippen LogP contribution in [0.4, 0.5) is 11.5 Å². The zero-order chi connectivity index (χ0) is 20.4. The number of hydrogen-bond donors (Lipinski definition) is 2. The molecule has 1 amide bonds. The molecular weight excluding hydrogens is 408 g/mol. The standard InChI is InChI=1S/C21H21ClN4O2S/c1-12(20(27)24-14-9-10-18(28-2)16(22)11-14)29-21-25-17-6-4-3-5-15(17)19(26-21)23-13-7-8-13/h3-6,9-13H,7-8H2,1-2H3,(H,24,27)(H,23,25,26). The number of amides is 1. The molecule has 2 N–H and O–H groups in total. The number of aromatic nitrogens is 2. The number of halogens is 1. The maximum atomic E-state index is 12.6. The molecule has 1 aromatic heterocycles. The second-order valence-electron chi connectivity index (χ2n) is 6.89. The molecule has 1 atom stereocenters. The summed E-state index contributed by atoms with van der Waals surface area (Å²) in [6.07, 6.45) is 2.31. The van der Waals surface area contributed by atoms with Crippen LogP contribution in [0.15, 0.2) is 47.6 Å². The Morgan fingerprint density at radius 1 is 1.24 bits per heavy atom. The lowest BCUT2D eigenvalue weighted by Crippen LogP contribution is -2.22. The number of hydrogen-bond acceptors (Lipinski definition) is 6. The number of nitrogens with zero attached hydrogens (tertiary/aromatic N) is 2. The predicted molar refractivity (Wildman–Crippen MR) is 118 cm³/mol. The van der Waals surface area contributed by atoms with Crippen LogP contribution < -0.4 is 15.4 Å². The van der Waals surface area contributed by atoms with Crippen molar-refractivity contribution in [1.29, 1.82) is 0 Å². The zero-order valence-electron chi connectivity index (χ0n) is 16.1. The van der Waals surface area contributed by atoms with Gasteiger partial charge >= 0.3 is 0 Å². The molecule has 6 nitrogen and oxygen atoms in total. The summed E-state index contributed by atoms with van der Waals surface area (Å²) in [7, 11) is 1.55. The first kappa shape index (κ1) is 19.8. The topological polar surface area (TPSA) is 76.1 Å². The van der Waals surface area contributed by atoms with Crippen molar-refractivity contribution in [2.24, 2.45) is 0 Å². The number of ether oxygens (including phenoxy) is 1. The largest absolute Gasteiger partial charge is 0.495 e. The minimum Gasteiger partial charge on any atom is -0.495 e. The lowest BCUT2D eigenvalue weighted by Gasteiger charge is -2.14. The molecule has 0 bridgehead atoms. The smallest absolute Gasteiger partial charge is 0.237 e. The van der Waals surface area contributed by atoms with Gasteiger partial charge in [0.15, 0.2) is 5.16 Å². The molecule has 0 spiro atoms. The van der Waals surface area contributed by atoms with Gasteiger partial charge in [0, 0.05) is 17.1 Å². The molecule has 150 valence electrons. The number of thioether (sulfide) groups is 1. The first-order valence-electron chi connectivity index (χ1n) is 9.38. The van der Waals surface area contributed by atoms with Crippen molar-refractivity contribution < 1.29 is 9.53 Å². The highest BCUT2D eigenvalue weighted by atomic mass is 35.5. The predicted octanol–water partition coefficient (Wildman–Crippen LogP) is 4.99. The molecule has 1 fully saturated rings. The summed E-state index contributed by atoms with van der Waals surface area (Å²) < 4.78 is 5.14. The summed E-state index contributed by atoms with van der Waals surface area (Å²) >= 11 is 7.46. The normalized spacial score (nSPS) is 14.4. The number of para-hydroxylation sites is 1. The minimum absolute atomic E-state index is 0.148. The average molecular weight is 429 g/mol. The van der Waals surface area contributed by atoms with Crippen LogP contribution in [0.5, 0.6) is 5.75 Å². The van der Waals surface area contributed by atoms with E-state index in [0.29, 0.717) is 27.7 Å². The molecule has 1 aliphatic carbocycles. The second kappa shape index (κ2) is 8.47. The molecule has 1 aliphatic rings. The van der Waals surface area contributed by atoms with Gasteiger partial charge in [-0.25, -0.2) is 9.97 Å². The van der Waals surface area contributed by atoms with Gasteiger partial charge in [-0.05, 0) is 50.1 Å². The van der Waals surface area contributed by atoms with Crippen LogP contribution in [-0.4, -0.2) is 34.3 Å². The Hall–Kier alpha value is -2.51. The lowest BCUT2D eigenvalue weighted by atomic mass is 10.2. The molecule has 4 rings (SSSR count). The van der Waals surface area contributed by atoms with Gasteiger partial charge in [0.25, 0.3) is 0 Å². The van der Waals surface area contributed by atoms with Crippen LogP contribution >= 0.6 is 23.4 Å². The van der Waals surface area contributed by atoms with E-state index in [-0.39, 0.29) is 11.2 Å². The first-order chi connectivity index (χ1) is 14.0. The minimum atomic E-state index is -0.384. The van der Waals surface area contributed by atoms with Gasteiger partial charge in [-0.2, -0.15) is 0 Å². The van der Waals surface area contributed by atoms with Crippen molar-refractivity contribution in [3.8, 4) is 5.75 Å². The van der Waals surface area contributed by atoms with Crippen LogP contribution in [0.2, 0.25) is 5.02 Å². The van der Waals surface area contributed by atoms with Crippen molar-refractivity contribution in [1.82, 2.24) is 9.97 Å². The zero-order valence-corrected chi connectivity index (χ0v) is 17.7. The third-order valence-corrected chi connectivity index (χ3v) is 5.83. The van der Waals surface area contributed by atoms with Crippen LogP contribution in [0, 0.1) is 0 Å². The number of carbonyl (C=O) groups is 1. The van der Waals surface area contributed by atoms with Crippen molar-refractivity contribution in [2.45, 2.75) is 36.2 Å². The van der Waals surface area contributed by atoms with Gasteiger partial charge in [-0.1, -0.05) is 35.5 Å². The average Bonchev–Trinajstić information content (AvgIpc) is 3.52. The summed E-state index contributed by atoms with van der Waals surface area (Å²) in [5.74, 6) is 1.24. The van der Waals surface area contributed by atoms with Crippen molar-refractivity contribution in [3.05, 3.63) is 47.5 Å². The number of rotatable bonds is 7. The molecule has 3 aromatic rings. The van der Waals surface area contributed by atoms with Crippen molar-refractivity contribution in [3.63, 3.8) is 0 Å². The summed E-state index contributed by atoms with van der Waals surface area (Å²) in [5, 5.41) is 7.97. The SMILES string of the molecule is COc1ccc(NC(=O)C(C)Sc2nc(NC3CC3)c3ccccc3n2)cc1Cl. The highest BCUT2D eigenvalue weighted by Gasteiger charge is 2.23. The van der Waals surface area contributed by atoms with Gasteiger partial charge in [-0.3, -0.25) is 4.79 Å². The highest BCUT2D eigenvalue weighted by molar-refractivity contribution is 8.00. The van der Waals surface area contributed by atoms with Crippen LogP contribution in [0.25, 0.3) is 10.9 Å². The summed E-state index contributed by atoms with van der Waals surface area (Å²) in [5.41, 5.74) is 1.48. The molecule has 0 radical (unpaired) electrons. The van der Waals surface area contributed by atoms with E-state index in [1.807, 2.05) is 31.2 Å². The second-order valence-corrected chi connectivity index (χ2v) is 8.60. The van der Waals surface area contributed by atoms with E-state index in [9.17, 15) is 4.79 Å². The monoisotopic (exact) mass is 428 g/mol. The van der Waals surface area contributed by atoms with Gasteiger partial charge in [-0.15, -0.1) is 0 Å². The maximum absolute atomic E-state index is 12.6. The summed E-state index contributed by atoms with van der Waals surface area (Å²) in [4.78, 5) is 21.9. The molecule has 0 saturated heterocycles. The number of carbonyl (C=O) groups excluding carboxylic acids is 1. The molecule has 1 unspecified atom stereocenters. The third kappa shape index (κ3) is 4.74. The number of methoxy groups -OCH3 is 1. The van der Waals surface area contributed by atoms with E-state index in [0.717, 1.165) is 29.6 Å². The van der Waals surface area contributed by atoms with Crippen LogP contribution in [-0.2, 0) is 4.79 Å². The number of benzene rings is 2. The molecular formula is C21H21ClN4O2S. The number of nitrogens with one attached hydrogen (secondary N) is 2. The van der Waals surface area contributed by atoms with Gasteiger partial charge in [0.1, 0.15) is 11.6 Å². The Balaban J connectivity index is 1.49. The highest BCUT2D eigenvalue weighted by Crippen LogP contribution is 2.31. The molecule has 8 heteroatoms.